The normalized spacial score (nSPS) is 7.50. The van der Waals surface area contributed by atoms with Crippen LogP contribution in [0.2, 0.25) is 0 Å². The molecule has 0 aromatic rings. The maximum Gasteiger partial charge on any atom is 3.00 e. The predicted octanol–water partition coefficient (Wildman–Crippen LogP) is -3.01. The molecule has 9 nitrogen and oxygen atoms in total. The zero-order chi connectivity index (χ0) is 10.7. The van der Waals surface area contributed by atoms with Crippen LogP contribution < -0.4 is 0 Å². The molecular weight excluding hydrogens is 575 g/mol. The third-order valence-electron chi connectivity index (χ3n) is 0. The summed E-state index contributed by atoms with van der Waals surface area (Å²) in [5.74, 6) is 0. The Morgan fingerprint density at radius 3 is 0.500 bits per heavy atom. The van der Waals surface area contributed by atoms with Crippen molar-refractivity contribution in [2.75, 3.05) is 0 Å². The van der Waals surface area contributed by atoms with E-state index in [4.69, 9.17) is 39.9 Å². The second-order valence-electron chi connectivity index (χ2n) is 0.612. The van der Waals surface area contributed by atoms with E-state index in [1.54, 1.807) is 0 Å². The van der Waals surface area contributed by atoms with Gasteiger partial charge in [-0.3, -0.25) is 12.6 Å². The molecular formula is Er2O9S3. The molecule has 0 unspecified atom stereocenters. The summed E-state index contributed by atoms with van der Waals surface area (Å²) >= 11 is -9.33. The van der Waals surface area contributed by atoms with E-state index in [0.717, 1.165) is 0 Å². The van der Waals surface area contributed by atoms with E-state index in [-0.39, 0.29) is 74.6 Å². The quantitative estimate of drug-likeness (QED) is 0.271. The first kappa shape index (κ1) is 30.1. The summed E-state index contributed by atoms with van der Waals surface area (Å²) in [6.07, 6.45) is 0. The topological polar surface area (TPSA) is 190 Å². The van der Waals surface area contributed by atoms with Gasteiger partial charge in [0.1, 0.15) is 0 Å². The fraction of sp³-hybridized carbons (Fsp3) is 0. The maximum absolute atomic E-state index is 8.44. The van der Waals surface area contributed by atoms with Crippen LogP contribution in [0, 0.1) is 74.6 Å². The van der Waals surface area contributed by atoms with Crippen molar-refractivity contribution in [1.29, 1.82) is 0 Å². The van der Waals surface area contributed by atoms with Gasteiger partial charge in [0.05, 0.1) is 0 Å². The third-order valence-corrected chi connectivity index (χ3v) is 0. The summed E-state index contributed by atoms with van der Waals surface area (Å²) in [7, 11) is 0. The molecule has 0 heterocycles. The van der Waals surface area contributed by atoms with Gasteiger partial charge in [0.15, 0.2) is 0 Å². The standard InChI is InChI=1S/2Er.3H2O3S/c;;3*1-4(2)3/h;;3*(H2,1,2,3)/q2*+3;;;/p-6. The van der Waals surface area contributed by atoms with Crippen LogP contribution in [0.4, 0.5) is 0 Å². The molecule has 0 saturated carbocycles. The van der Waals surface area contributed by atoms with Crippen molar-refractivity contribution in [1.82, 2.24) is 0 Å². The van der Waals surface area contributed by atoms with Gasteiger partial charge in [-0.05, 0) is 0 Å². The Balaban J connectivity index is -0.0000000270. The molecule has 0 amide bonds. The molecule has 0 aliphatic rings. The van der Waals surface area contributed by atoms with Gasteiger partial charge in [0.2, 0.25) is 0 Å². The molecule has 96 valence electrons. The van der Waals surface area contributed by atoms with Crippen molar-refractivity contribution in [2.24, 2.45) is 0 Å². The van der Waals surface area contributed by atoms with Gasteiger partial charge in [-0.2, -0.15) is 0 Å². The van der Waals surface area contributed by atoms with Crippen molar-refractivity contribution < 1.29 is 115 Å². The van der Waals surface area contributed by atoms with Crippen LogP contribution in [-0.4, -0.2) is 39.9 Å². The molecule has 0 bridgehead atoms. The first-order valence-corrected chi connectivity index (χ1v) is 4.50. The predicted molar refractivity (Wildman–Crippen MR) is 29.1 cm³/mol. The van der Waals surface area contributed by atoms with E-state index in [0.29, 0.717) is 0 Å². The molecule has 0 aliphatic carbocycles. The van der Waals surface area contributed by atoms with E-state index in [1.807, 2.05) is 0 Å². The summed E-state index contributed by atoms with van der Waals surface area (Å²) in [6.45, 7) is 0. The second-order valence-corrected chi connectivity index (χ2v) is 1.84. The van der Waals surface area contributed by atoms with Crippen LogP contribution in [0.1, 0.15) is 0 Å². The van der Waals surface area contributed by atoms with E-state index in [9.17, 15) is 0 Å². The monoisotopic (exact) mass is 572 g/mol. The molecule has 0 N–H and O–H groups in total. The molecule has 0 fully saturated rings. The van der Waals surface area contributed by atoms with Gasteiger partial charge in [-0.1, -0.05) is 0 Å². The summed E-state index contributed by atoms with van der Waals surface area (Å²) in [5, 5.41) is 0. The van der Waals surface area contributed by atoms with Gasteiger partial charge >= 0.3 is 74.6 Å². The van der Waals surface area contributed by atoms with Crippen LogP contribution in [0.15, 0.2) is 0 Å². The minimum Gasteiger partial charge on any atom is -0.784 e. The van der Waals surface area contributed by atoms with Crippen LogP contribution in [0.5, 0.6) is 0 Å². The molecule has 0 spiro atoms. The molecule has 0 aromatic heterocycles. The molecule has 0 atom stereocenters. The molecule has 2 radical (unpaired) electrons. The van der Waals surface area contributed by atoms with Crippen molar-refractivity contribution in [2.45, 2.75) is 0 Å². The van der Waals surface area contributed by atoms with E-state index in [2.05, 4.69) is 0 Å². The first-order chi connectivity index (χ1) is 5.20. The average molecular weight is 575 g/mol. The fourth-order valence-electron chi connectivity index (χ4n) is 0. The van der Waals surface area contributed by atoms with Crippen molar-refractivity contribution in [3.05, 3.63) is 0 Å². The van der Waals surface area contributed by atoms with Crippen LogP contribution in [0.25, 0.3) is 0 Å². The largest absolute Gasteiger partial charge is 3.00 e. The molecule has 0 aliphatic heterocycles. The molecule has 0 rings (SSSR count). The van der Waals surface area contributed by atoms with Crippen LogP contribution in [0.3, 0.4) is 0 Å². The molecule has 14 heteroatoms. The fourth-order valence-corrected chi connectivity index (χ4v) is 0. The summed E-state index contributed by atoms with van der Waals surface area (Å²) in [4.78, 5) is 0. The molecule has 0 saturated heterocycles. The Labute approximate surface area is 146 Å². The smallest absolute Gasteiger partial charge is 0.784 e. The van der Waals surface area contributed by atoms with Gasteiger partial charge in [-0.25, -0.2) is 0 Å². The van der Waals surface area contributed by atoms with Gasteiger partial charge in [0.25, 0.3) is 0 Å². The molecule has 0 aromatic carbocycles. The Morgan fingerprint density at radius 1 is 0.500 bits per heavy atom. The Bertz CT molecular complexity index is 116. The maximum atomic E-state index is 8.44. The van der Waals surface area contributed by atoms with Gasteiger partial charge in [0, 0.05) is 0 Å². The van der Waals surface area contributed by atoms with Crippen LogP contribution >= 0.6 is 0 Å². The van der Waals surface area contributed by atoms with Crippen molar-refractivity contribution >= 4 is 34.1 Å². The Hall–Kier alpha value is 2.70. The number of rotatable bonds is 0. The first-order valence-electron chi connectivity index (χ1n) is 1.50. The van der Waals surface area contributed by atoms with Crippen LogP contribution in [-0.2, 0) is 34.1 Å². The third kappa shape index (κ3) is 378. The summed E-state index contributed by atoms with van der Waals surface area (Å²) < 4.78 is 76.0. The van der Waals surface area contributed by atoms with Crippen molar-refractivity contribution in [3.63, 3.8) is 0 Å². The van der Waals surface area contributed by atoms with E-state index in [1.165, 1.54) is 0 Å². The summed E-state index contributed by atoms with van der Waals surface area (Å²) in [6, 6.07) is 0. The Kier molecular flexibility index (Phi) is 53.2. The minimum absolute atomic E-state index is 0. The van der Waals surface area contributed by atoms with Gasteiger partial charge < -0.3 is 27.3 Å². The molecule has 14 heavy (non-hydrogen) atoms. The van der Waals surface area contributed by atoms with Gasteiger partial charge in [-0.15, -0.1) is 34.1 Å². The zero-order valence-corrected chi connectivity index (χ0v) is 11.6. The second kappa shape index (κ2) is 24.8. The van der Waals surface area contributed by atoms with E-state index < -0.39 is 34.1 Å². The zero-order valence-electron chi connectivity index (χ0n) is 5.48. The number of hydrogen-bond donors (Lipinski definition) is 0. The number of hydrogen-bond acceptors (Lipinski definition) is 9. The SMILES string of the molecule is O=S([O-])[O-].O=S([O-])[O-].O=S([O-])[O-].[Er+3].[Er+3]. The minimum atomic E-state index is -3.11. The average Bonchev–Trinajstić information content (AvgIpc) is 1.54. The summed E-state index contributed by atoms with van der Waals surface area (Å²) in [5.41, 5.74) is 0. The van der Waals surface area contributed by atoms with Crippen molar-refractivity contribution in [3.8, 4) is 0 Å². The Morgan fingerprint density at radius 2 is 0.500 bits per heavy atom. The van der Waals surface area contributed by atoms with E-state index >= 15 is 0 Å².